The molecule has 0 saturated carbocycles. The van der Waals surface area contributed by atoms with Crippen molar-refractivity contribution in [2.24, 2.45) is 11.3 Å². The van der Waals surface area contributed by atoms with Crippen LogP contribution < -0.4 is 0 Å². The Morgan fingerprint density at radius 1 is 1.29 bits per heavy atom. The van der Waals surface area contributed by atoms with Gasteiger partial charge < -0.3 is 14.7 Å². The van der Waals surface area contributed by atoms with Crippen LogP contribution in [-0.2, 0) is 9.53 Å². The Labute approximate surface area is 138 Å². The van der Waals surface area contributed by atoms with Crippen molar-refractivity contribution < 1.29 is 19.4 Å². The first-order valence-electron chi connectivity index (χ1n) is 7.92. The largest absolute Gasteiger partial charge is 0.481 e. The van der Waals surface area contributed by atoms with Crippen LogP contribution >= 0.6 is 0 Å². The number of ether oxygens (including phenoxy) is 1. The Kier molecular flexibility index (Phi) is 3.45. The minimum atomic E-state index is -0.905. The summed E-state index contributed by atoms with van der Waals surface area (Å²) in [6, 6.07) is 7.33. The summed E-state index contributed by atoms with van der Waals surface area (Å²) in [7, 11) is 0. The Morgan fingerprint density at radius 2 is 2.08 bits per heavy atom. The Balaban J connectivity index is 1.63. The molecule has 4 rings (SSSR count). The Bertz CT molecular complexity index is 824. The van der Waals surface area contributed by atoms with Gasteiger partial charge in [-0.2, -0.15) is 0 Å². The van der Waals surface area contributed by atoms with Gasteiger partial charge >= 0.3 is 5.97 Å². The van der Waals surface area contributed by atoms with Crippen LogP contribution in [0.25, 0.3) is 11.0 Å². The molecule has 2 aliphatic rings. The zero-order valence-electron chi connectivity index (χ0n) is 13.0. The molecular weight excluding hydrogens is 310 g/mol. The fourth-order valence-electron chi connectivity index (χ4n) is 3.68. The third-order valence-corrected chi connectivity index (χ3v) is 5.09. The second-order valence-corrected chi connectivity index (χ2v) is 6.41. The molecule has 1 aromatic carbocycles. The first kappa shape index (κ1) is 15.0. The molecule has 0 aliphatic carbocycles. The van der Waals surface area contributed by atoms with Crippen LogP contribution in [0.5, 0.6) is 0 Å². The quantitative estimate of drug-likeness (QED) is 0.891. The highest BCUT2D eigenvalue weighted by atomic mass is 16.5. The van der Waals surface area contributed by atoms with Crippen LogP contribution in [0.4, 0.5) is 0 Å². The van der Waals surface area contributed by atoms with Crippen molar-refractivity contribution in [3.8, 4) is 0 Å². The fourth-order valence-corrected chi connectivity index (χ4v) is 3.68. The number of para-hydroxylation sites is 2. The molecule has 7 nitrogen and oxygen atoms in total. The van der Waals surface area contributed by atoms with Crippen molar-refractivity contribution >= 4 is 22.9 Å². The van der Waals surface area contributed by atoms with E-state index >= 15 is 0 Å². The van der Waals surface area contributed by atoms with Crippen molar-refractivity contribution in [3.05, 3.63) is 36.2 Å². The predicted octanol–water partition coefficient (Wildman–Crippen LogP) is 1.19. The van der Waals surface area contributed by atoms with Gasteiger partial charge in [0, 0.05) is 25.6 Å². The number of fused-ring (bicyclic) bond motifs is 2. The van der Waals surface area contributed by atoms with E-state index in [0.29, 0.717) is 31.7 Å². The van der Waals surface area contributed by atoms with Crippen LogP contribution in [0.3, 0.4) is 0 Å². The first-order chi connectivity index (χ1) is 11.6. The van der Waals surface area contributed by atoms with Crippen LogP contribution in [-0.4, -0.2) is 58.2 Å². The van der Waals surface area contributed by atoms with Crippen molar-refractivity contribution in [2.75, 3.05) is 26.3 Å². The standard InChI is InChI=1S/C17H17N3O4/c21-15(14-7-18-12-3-1-2-4-13(12)19-14)20-8-11-9-24-6-5-17(11,10-20)16(22)23/h1-4,7,11H,5-6,8-10H2,(H,22,23)/t11-,17+/m0/s1. The number of carbonyl (C=O) groups is 2. The number of aromatic nitrogens is 2. The lowest BCUT2D eigenvalue weighted by Gasteiger charge is -2.33. The maximum atomic E-state index is 12.8. The number of amides is 1. The van der Waals surface area contributed by atoms with E-state index in [4.69, 9.17) is 4.74 Å². The monoisotopic (exact) mass is 327 g/mol. The van der Waals surface area contributed by atoms with Crippen molar-refractivity contribution in [1.29, 1.82) is 0 Å². The van der Waals surface area contributed by atoms with E-state index in [1.54, 1.807) is 11.0 Å². The summed E-state index contributed by atoms with van der Waals surface area (Å²) in [5.41, 5.74) is 0.711. The summed E-state index contributed by atoms with van der Waals surface area (Å²) in [6.45, 7) is 1.36. The zero-order valence-corrected chi connectivity index (χ0v) is 13.0. The Hall–Kier alpha value is -2.54. The van der Waals surface area contributed by atoms with Crippen molar-refractivity contribution in [1.82, 2.24) is 14.9 Å². The van der Waals surface area contributed by atoms with Gasteiger partial charge in [0.25, 0.3) is 5.91 Å². The molecule has 2 aromatic rings. The topological polar surface area (TPSA) is 92.6 Å². The molecule has 0 spiro atoms. The van der Waals surface area contributed by atoms with E-state index < -0.39 is 11.4 Å². The molecule has 7 heteroatoms. The van der Waals surface area contributed by atoms with Gasteiger partial charge in [0.1, 0.15) is 5.69 Å². The molecular formula is C17H17N3O4. The number of hydrogen-bond acceptors (Lipinski definition) is 5. The highest BCUT2D eigenvalue weighted by Crippen LogP contribution is 2.42. The van der Waals surface area contributed by atoms with Crippen molar-refractivity contribution in [2.45, 2.75) is 6.42 Å². The van der Waals surface area contributed by atoms with E-state index in [-0.39, 0.29) is 24.1 Å². The van der Waals surface area contributed by atoms with E-state index in [1.807, 2.05) is 18.2 Å². The summed E-state index contributed by atoms with van der Waals surface area (Å²) in [6.07, 6.45) is 1.89. The maximum Gasteiger partial charge on any atom is 0.311 e. The molecule has 2 fully saturated rings. The summed E-state index contributed by atoms with van der Waals surface area (Å²) >= 11 is 0. The first-order valence-corrected chi connectivity index (χ1v) is 7.92. The fraction of sp³-hybridized carbons (Fsp3) is 0.412. The number of likely N-dealkylation sites (tertiary alicyclic amines) is 1. The molecule has 1 amide bonds. The minimum Gasteiger partial charge on any atom is -0.481 e. The molecule has 1 aromatic heterocycles. The molecule has 0 unspecified atom stereocenters. The SMILES string of the molecule is O=C(c1cnc2ccccc2n1)N1C[C@H]2COCC[C@@]2(C(=O)O)C1. The summed E-state index contributed by atoms with van der Waals surface area (Å²) in [4.78, 5) is 34.8. The second kappa shape index (κ2) is 5.52. The molecule has 3 heterocycles. The lowest BCUT2D eigenvalue weighted by Crippen LogP contribution is -2.45. The number of benzene rings is 1. The van der Waals surface area contributed by atoms with Gasteiger partial charge in [-0.3, -0.25) is 14.6 Å². The summed E-state index contributed by atoms with van der Waals surface area (Å²) in [5.74, 6) is -1.31. The molecule has 2 aliphatic heterocycles. The third-order valence-electron chi connectivity index (χ3n) is 5.09. The second-order valence-electron chi connectivity index (χ2n) is 6.41. The third kappa shape index (κ3) is 2.24. The number of rotatable bonds is 2. The lowest BCUT2D eigenvalue weighted by atomic mass is 9.74. The van der Waals surface area contributed by atoms with Crippen LogP contribution in [0, 0.1) is 11.3 Å². The number of carbonyl (C=O) groups excluding carboxylic acids is 1. The number of nitrogens with zero attached hydrogens (tertiary/aromatic N) is 3. The van der Waals surface area contributed by atoms with E-state index in [2.05, 4.69) is 9.97 Å². The van der Waals surface area contributed by atoms with E-state index in [1.165, 1.54) is 6.20 Å². The summed E-state index contributed by atoms with van der Waals surface area (Å²) in [5, 5.41) is 9.69. The van der Waals surface area contributed by atoms with Gasteiger partial charge in [-0.25, -0.2) is 4.98 Å². The number of carboxylic acids is 1. The molecule has 2 saturated heterocycles. The molecule has 0 bridgehead atoms. The highest BCUT2D eigenvalue weighted by molar-refractivity contribution is 5.94. The van der Waals surface area contributed by atoms with Gasteiger partial charge in [-0.1, -0.05) is 12.1 Å². The number of hydrogen-bond donors (Lipinski definition) is 1. The average molecular weight is 327 g/mol. The van der Waals surface area contributed by atoms with Crippen LogP contribution in [0.1, 0.15) is 16.9 Å². The van der Waals surface area contributed by atoms with Crippen molar-refractivity contribution in [3.63, 3.8) is 0 Å². The van der Waals surface area contributed by atoms with E-state index in [0.717, 1.165) is 5.52 Å². The van der Waals surface area contributed by atoms with Gasteiger partial charge in [0.15, 0.2) is 0 Å². The molecule has 1 N–H and O–H groups in total. The van der Waals surface area contributed by atoms with Crippen LogP contribution in [0.2, 0.25) is 0 Å². The normalized spacial score (nSPS) is 26.3. The summed E-state index contributed by atoms with van der Waals surface area (Å²) < 4.78 is 5.42. The van der Waals surface area contributed by atoms with E-state index in [9.17, 15) is 14.7 Å². The van der Waals surface area contributed by atoms with Gasteiger partial charge in [-0.15, -0.1) is 0 Å². The molecule has 24 heavy (non-hydrogen) atoms. The maximum absolute atomic E-state index is 12.8. The highest BCUT2D eigenvalue weighted by Gasteiger charge is 2.55. The van der Waals surface area contributed by atoms with Gasteiger partial charge in [-0.05, 0) is 18.6 Å². The zero-order chi connectivity index (χ0) is 16.7. The Morgan fingerprint density at radius 3 is 2.83 bits per heavy atom. The van der Waals surface area contributed by atoms with Crippen LogP contribution in [0.15, 0.2) is 30.5 Å². The van der Waals surface area contributed by atoms with Gasteiger partial charge in [0.2, 0.25) is 0 Å². The molecule has 124 valence electrons. The number of carboxylic acid groups (broad SMARTS) is 1. The molecule has 0 radical (unpaired) electrons. The smallest absolute Gasteiger partial charge is 0.311 e. The minimum absolute atomic E-state index is 0.180. The lowest BCUT2D eigenvalue weighted by molar-refractivity contribution is -0.157. The van der Waals surface area contributed by atoms with Gasteiger partial charge in [0.05, 0.1) is 29.3 Å². The average Bonchev–Trinajstić information content (AvgIpc) is 3.02. The number of aliphatic carboxylic acids is 1. The molecule has 2 atom stereocenters. The predicted molar refractivity (Wildman–Crippen MR) is 84.4 cm³/mol.